The van der Waals surface area contributed by atoms with Crippen LogP contribution < -0.4 is 16.8 Å². The number of carboxylic acid groups (broad SMARTS) is 1. The third-order valence-corrected chi connectivity index (χ3v) is 2.64. The van der Waals surface area contributed by atoms with Crippen molar-refractivity contribution < 1.29 is 14.3 Å². The minimum Gasteiger partial charge on any atom is -0.480 e. The van der Waals surface area contributed by atoms with Gasteiger partial charge in [0.1, 0.15) is 6.04 Å². The molecule has 0 radical (unpaired) electrons. The van der Waals surface area contributed by atoms with E-state index in [1.165, 1.54) is 4.57 Å². The zero-order valence-electron chi connectivity index (χ0n) is 9.71. The fraction of sp³-hybridized carbons (Fsp3) is 0.273. The van der Waals surface area contributed by atoms with Crippen molar-refractivity contribution in [1.82, 2.24) is 4.57 Å². The van der Waals surface area contributed by atoms with Crippen LogP contribution >= 0.6 is 0 Å². The fourth-order valence-electron chi connectivity index (χ4n) is 1.56. The van der Waals surface area contributed by atoms with Crippen molar-refractivity contribution in [2.45, 2.75) is 6.04 Å². The number of nitrogens with two attached hydrogens (primary N) is 1. The standard InChI is InChI=1S/C11H13N3O4/c1-14-8-3-2-6(4-9(8)18-11(14)17)13-5-7(12)10(15)16/h2-4,7,13H,5,12H2,1H3,(H,15,16). The van der Waals surface area contributed by atoms with Crippen LogP contribution in [0.2, 0.25) is 0 Å². The Bertz CT molecular complexity index is 643. The topological polar surface area (TPSA) is 110 Å². The summed E-state index contributed by atoms with van der Waals surface area (Å²) in [6.07, 6.45) is 0. The van der Waals surface area contributed by atoms with E-state index in [2.05, 4.69) is 5.32 Å². The lowest BCUT2D eigenvalue weighted by atomic mass is 10.2. The number of aromatic nitrogens is 1. The molecule has 2 rings (SSSR count). The van der Waals surface area contributed by atoms with E-state index in [0.29, 0.717) is 16.8 Å². The second-order valence-corrected chi connectivity index (χ2v) is 3.94. The maximum Gasteiger partial charge on any atom is 0.419 e. The zero-order chi connectivity index (χ0) is 13.3. The molecule has 1 unspecified atom stereocenters. The van der Waals surface area contributed by atoms with Gasteiger partial charge in [0, 0.05) is 25.3 Å². The van der Waals surface area contributed by atoms with Crippen LogP contribution in [0.15, 0.2) is 27.4 Å². The SMILES string of the molecule is Cn1c(=O)oc2cc(NCC(N)C(=O)O)ccc21. The summed E-state index contributed by atoms with van der Waals surface area (Å²) in [6.45, 7) is 0.0951. The van der Waals surface area contributed by atoms with Gasteiger partial charge < -0.3 is 20.6 Å². The highest BCUT2D eigenvalue weighted by Crippen LogP contribution is 2.17. The summed E-state index contributed by atoms with van der Waals surface area (Å²) in [6, 6.07) is 4.09. The van der Waals surface area contributed by atoms with Gasteiger partial charge in [-0.2, -0.15) is 0 Å². The average Bonchev–Trinajstić information content (AvgIpc) is 2.61. The summed E-state index contributed by atoms with van der Waals surface area (Å²) in [5, 5.41) is 11.5. The van der Waals surface area contributed by atoms with Crippen LogP contribution in [0.1, 0.15) is 0 Å². The summed E-state index contributed by atoms with van der Waals surface area (Å²) in [7, 11) is 1.61. The Kier molecular flexibility index (Phi) is 3.07. The molecule has 18 heavy (non-hydrogen) atoms. The minimum absolute atomic E-state index is 0.0951. The first-order valence-electron chi connectivity index (χ1n) is 5.31. The van der Waals surface area contributed by atoms with E-state index in [1.807, 2.05) is 0 Å². The quantitative estimate of drug-likeness (QED) is 0.703. The number of benzene rings is 1. The van der Waals surface area contributed by atoms with Crippen LogP contribution in [-0.4, -0.2) is 28.2 Å². The Hall–Kier alpha value is -2.28. The van der Waals surface area contributed by atoms with Gasteiger partial charge in [0.25, 0.3) is 0 Å². The highest BCUT2D eigenvalue weighted by molar-refractivity contribution is 5.78. The van der Waals surface area contributed by atoms with E-state index in [0.717, 1.165) is 0 Å². The number of fused-ring (bicyclic) bond motifs is 1. The summed E-state index contributed by atoms with van der Waals surface area (Å²) in [4.78, 5) is 21.8. The summed E-state index contributed by atoms with van der Waals surface area (Å²) in [5.41, 5.74) is 7.13. The third kappa shape index (κ3) is 2.21. The second kappa shape index (κ2) is 4.53. The average molecular weight is 251 g/mol. The number of rotatable bonds is 4. The van der Waals surface area contributed by atoms with Crippen LogP contribution in [0.4, 0.5) is 5.69 Å². The van der Waals surface area contributed by atoms with Crippen molar-refractivity contribution in [3.63, 3.8) is 0 Å². The van der Waals surface area contributed by atoms with Gasteiger partial charge in [-0.1, -0.05) is 0 Å². The smallest absolute Gasteiger partial charge is 0.419 e. The monoisotopic (exact) mass is 251 g/mol. The molecule has 4 N–H and O–H groups in total. The van der Waals surface area contributed by atoms with Crippen molar-refractivity contribution in [3.05, 3.63) is 28.7 Å². The molecule has 0 aliphatic carbocycles. The number of nitrogens with zero attached hydrogens (tertiary/aromatic N) is 1. The number of carbonyl (C=O) groups is 1. The van der Waals surface area contributed by atoms with Crippen LogP contribution in [-0.2, 0) is 11.8 Å². The number of hydrogen-bond acceptors (Lipinski definition) is 5. The van der Waals surface area contributed by atoms with E-state index >= 15 is 0 Å². The predicted octanol–water partition coefficient (Wildman–Crippen LogP) is -0.0447. The van der Waals surface area contributed by atoms with Crippen molar-refractivity contribution in [2.24, 2.45) is 12.8 Å². The van der Waals surface area contributed by atoms with E-state index in [9.17, 15) is 9.59 Å². The van der Waals surface area contributed by atoms with E-state index in [-0.39, 0.29) is 6.54 Å². The zero-order valence-corrected chi connectivity index (χ0v) is 9.71. The lowest BCUT2D eigenvalue weighted by molar-refractivity contribution is -0.138. The maximum atomic E-state index is 11.3. The third-order valence-electron chi connectivity index (χ3n) is 2.64. The Labute approximate surface area is 102 Å². The van der Waals surface area contributed by atoms with Crippen LogP contribution in [0.25, 0.3) is 11.1 Å². The van der Waals surface area contributed by atoms with Crippen LogP contribution in [0.5, 0.6) is 0 Å². The molecule has 1 heterocycles. The first-order valence-corrected chi connectivity index (χ1v) is 5.31. The highest BCUT2D eigenvalue weighted by Gasteiger charge is 2.11. The number of hydrogen-bond donors (Lipinski definition) is 3. The molecule has 2 aromatic rings. The molecule has 7 nitrogen and oxygen atoms in total. The van der Waals surface area contributed by atoms with Gasteiger partial charge in [-0.05, 0) is 12.1 Å². The normalized spacial score (nSPS) is 12.6. The molecule has 0 aliphatic rings. The Morgan fingerprint density at radius 2 is 2.33 bits per heavy atom. The van der Waals surface area contributed by atoms with Crippen molar-refractivity contribution >= 4 is 22.8 Å². The van der Waals surface area contributed by atoms with E-state index < -0.39 is 17.8 Å². The number of anilines is 1. The van der Waals surface area contributed by atoms with Gasteiger partial charge in [-0.25, -0.2) is 4.79 Å². The lowest BCUT2D eigenvalue weighted by Crippen LogP contribution is -2.36. The Morgan fingerprint density at radius 1 is 1.61 bits per heavy atom. The molecular weight excluding hydrogens is 238 g/mol. The maximum absolute atomic E-state index is 11.3. The molecule has 0 saturated heterocycles. The molecule has 0 amide bonds. The van der Waals surface area contributed by atoms with Gasteiger partial charge in [0.15, 0.2) is 5.58 Å². The second-order valence-electron chi connectivity index (χ2n) is 3.94. The van der Waals surface area contributed by atoms with Crippen LogP contribution in [0.3, 0.4) is 0 Å². The Balaban J connectivity index is 2.20. The molecule has 1 aromatic heterocycles. The molecule has 0 bridgehead atoms. The molecule has 1 atom stereocenters. The first-order chi connectivity index (χ1) is 8.49. The molecule has 0 saturated carbocycles. The predicted molar refractivity (Wildman–Crippen MR) is 65.6 cm³/mol. The lowest BCUT2D eigenvalue weighted by Gasteiger charge is -2.09. The molecule has 0 spiro atoms. The molecule has 7 heteroatoms. The number of carboxylic acids is 1. The van der Waals surface area contributed by atoms with Gasteiger partial charge in [-0.3, -0.25) is 9.36 Å². The molecule has 1 aromatic carbocycles. The summed E-state index contributed by atoms with van der Waals surface area (Å²) >= 11 is 0. The van der Waals surface area contributed by atoms with Crippen molar-refractivity contribution in [1.29, 1.82) is 0 Å². The molecule has 0 fully saturated rings. The van der Waals surface area contributed by atoms with Crippen molar-refractivity contribution in [3.8, 4) is 0 Å². The van der Waals surface area contributed by atoms with Gasteiger partial charge in [-0.15, -0.1) is 0 Å². The van der Waals surface area contributed by atoms with Crippen LogP contribution in [0, 0.1) is 0 Å². The number of oxazole rings is 1. The van der Waals surface area contributed by atoms with Gasteiger partial charge in [0.2, 0.25) is 0 Å². The number of aliphatic carboxylic acids is 1. The van der Waals surface area contributed by atoms with Gasteiger partial charge in [0.05, 0.1) is 5.52 Å². The van der Waals surface area contributed by atoms with E-state index in [1.54, 1.807) is 25.2 Å². The largest absolute Gasteiger partial charge is 0.480 e. The number of nitrogens with one attached hydrogen (secondary N) is 1. The molecular formula is C11H13N3O4. The minimum atomic E-state index is -1.07. The fourth-order valence-corrected chi connectivity index (χ4v) is 1.56. The Morgan fingerprint density at radius 3 is 3.00 bits per heavy atom. The van der Waals surface area contributed by atoms with E-state index in [4.69, 9.17) is 15.3 Å². The summed E-state index contributed by atoms with van der Waals surface area (Å²) in [5.74, 6) is -1.51. The molecule has 96 valence electrons. The van der Waals surface area contributed by atoms with Crippen molar-refractivity contribution in [2.75, 3.05) is 11.9 Å². The van der Waals surface area contributed by atoms with Gasteiger partial charge >= 0.3 is 11.7 Å². The number of aryl methyl sites for hydroxylation is 1. The summed E-state index contributed by atoms with van der Waals surface area (Å²) < 4.78 is 6.40. The molecule has 0 aliphatic heterocycles. The highest BCUT2D eigenvalue weighted by atomic mass is 16.4. The first kappa shape index (κ1) is 12.2.